The van der Waals surface area contributed by atoms with Crippen molar-refractivity contribution in [2.45, 2.75) is 6.54 Å². The fourth-order valence-corrected chi connectivity index (χ4v) is 3.18. The lowest BCUT2D eigenvalue weighted by Gasteiger charge is -2.16. The summed E-state index contributed by atoms with van der Waals surface area (Å²) in [4.78, 5) is 20.1. The molecule has 0 radical (unpaired) electrons. The van der Waals surface area contributed by atoms with Gasteiger partial charge in [0.05, 0.1) is 12.9 Å². The molecule has 0 aliphatic heterocycles. The van der Waals surface area contributed by atoms with Gasteiger partial charge in [-0.1, -0.05) is 53.0 Å². The van der Waals surface area contributed by atoms with Crippen LogP contribution in [0.1, 0.15) is 11.1 Å². The van der Waals surface area contributed by atoms with Gasteiger partial charge in [0.2, 0.25) is 0 Å². The van der Waals surface area contributed by atoms with Crippen molar-refractivity contribution in [3.63, 3.8) is 0 Å². The molecule has 0 amide bonds. The Morgan fingerprint density at radius 2 is 1.81 bits per heavy atom. The molecule has 3 aromatic rings. The summed E-state index contributed by atoms with van der Waals surface area (Å²) in [6, 6.07) is 11.4. The Labute approximate surface area is 169 Å². The van der Waals surface area contributed by atoms with Gasteiger partial charge >= 0.3 is 0 Å². The van der Waals surface area contributed by atoms with E-state index >= 15 is 0 Å². The Morgan fingerprint density at radius 3 is 2.41 bits per heavy atom. The molecule has 6 nitrogen and oxygen atoms in total. The monoisotopic (exact) mass is 423 g/mol. The van der Waals surface area contributed by atoms with Crippen molar-refractivity contribution >= 4 is 46.1 Å². The van der Waals surface area contributed by atoms with Gasteiger partial charge in [0.15, 0.2) is 0 Å². The molecule has 0 bridgehead atoms. The summed E-state index contributed by atoms with van der Waals surface area (Å²) in [7, 11) is 0. The molecule has 0 N–H and O–H groups in total. The fraction of sp³-hybridized carbons (Fsp3) is 0.0556. The second-order valence-corrected chi connectivity index (χ2v) is 6.77. The molecule has 0 spiro atoms. The first-order valence-electron chi connectivity index (χ1n) is 7.66. The zero-order valence-corrected chi connectivity index (χ0v) is 15.9. The van der Waals surface area contributed by atoms with Crippen LogP contribution >= 0.6 is 34.8 Å². The molecular weight excluding hydrogens is 413 g/mol. The number of aromatic nitrogens is 2. The van der Waals surface area contributed by atoms with Gasteiger partial charge in [-0.2, -0.15) is 0 Å². The molecule has 1 heterocycles. The SMILES string of the molecule is O=[N+]([O-])OC(=C(Cn1ccnc1)c1ccc(Cl)cc1Cl)c1ccc(Cl)cc1. The normalized spacial score (nSPS) is 11.8. The third-order valence-electron chi connectivity index (χ3n) is 3.70. The van der Waals surface area contributed by atoms with Crippen LogP contribution in [0.25, 0.3) is 11.3 Å². The van der Waals surface area contributed by atoms with Crippen LogP contribution in [0.5, 0.6) is 0 Å². The summed E-state index contributed by atoms with van der Waals surface area (Å²) >= 11 is 18.3. The summed E-state index contributed by atoms with van der Waals surface area (Å²) in [5, 5.41) is 11.6. The Balaban J connectivity index is 2.24. The molecule has 0 unspecified atom stereocenters. The number of halogens is 3. The predicted molar refractivity (Wildman–Crippen MR) is 105 cm³/mol. The van der Waals surface area contributed by atoms with E-state index in [0.717, 1.165) is 0 Å². The zero-order chi connectivity index (χ0) is 19.4. The van der Waals surface area contributed by atoms with Crippen LogP contribution in [0.15, 0.2) is 61.2 Å². The van der Waals surface area contributed by atoms with E-state index in [-0.39, 0.29) is 12.3 Å². The molecule has 9 heteroatoms. The highest BCUT2D eigenvalue weighted by molar-refractivity contribution is 6.36. The van der Waals surface area contributed by atoms with Gasteiger partial charge < -0.3 is 4.57 Å². The van der Waals surface area contributed by atoms with Crippen LogP contribution in [-0.4, -0.2) is 14.6 Å². The lowest BCUT2D eigenvalue weighted by Crippen LogP contribution is -2.07. The highest BCUT2D eigenvalue weighted by Gasteiger charge is 2.19. The van der Waals surface area contributed by atoms with E-state index in [0.29, 0.717) is 31.8 Å². The van der Waals surface area contributed by atoms with Crippen molar-refractivity contribution < 1.29 is 9.92 Å². The smallest absolute Gasteiger partial charge is 0.299 e. The van der Waals surface area contributed by atoms with Gasteiger partial charge in [-0.05, 0) is 24.3 Å². The highest BCUT2D eigenvalue weighted by Crippen LogP contribution is 2.34. The van der Waals surface area contributed by atoms with E-state index < -0.39 is 5.09 Å². The van der Waals surface area contributed by atoms with Crippen LogP contribution < -0.4 is 0 Å². The molecule has 0 saturated heterocycles. The molecule has 27 heavy (non-hydrogen) atoms. The van der Waals surface area contributed by atoms with E-state index in [1.54, 1.807) is 65.8 Å². The number of nitrogens with zero attached hydrogens (tertiary/aromatic N) is 3. The largest absolute Gasteiger partial charge is 0.333 e. The van der Waals surface area contributed by atoms with Crippen molar-refractivity contribution in [1.82, 2.24) is 9.55 Å². The van der Waals surface area contributed by atoms with Crippen molar-refractivity contribution in [3.8, 4) is 0 Å². The summed E-state index contributed by atoms with van der Waals surface area (Å²) in [6.45, 7) is 0.243. The standard InChI is InChI=1S/C18H12Cl3N3O3/c19-13-3-1-12(2-4-13)18(27-24(25)26)16(10-23-8-7-22-11-23)15-6-5-14(20)9-17(15)21/h1-9,11H,10H2. The third kappa shape index (κ3) is 4.80. The lowest BCUT2D eigenvalue weighted by molar-refractivity contribution is -0.730. The maximum absolute atomic E-state index is 11.2. The van der Waals surface area contributed by atoms with E-state index in [1.807, 2.05) is 0 Å². The Kier molecular flexibility index (Phi) is 6.01. The van der Waals surface area contributed by atoms with Crippen molar-refractivity contribution in [2.75, 3.05) is 0 Å². The van der Waals surface area contributed by atoms with E-state index in [4.69, 9.17) is 39.6 Å². The van der Waals surface area contributed by atoms with Gasteiger partial charge in [0.1, 0.15) is 5.76 Å². The van der Waals surface area contributed by atoms with Crippen LogP contribution in [0.4, 0.5) is 0 Å². The van der Waals surface area contributed by atoms with Gasteiger partial charge in [-0.25, -0.2) is 4.98 Å². The third-order valence-corrected chi connectivity index (χ3v) is 4.50. The molecule has 0 aliphatic carbocycles. The molecule has 0 aliphatic rings. The van der Waals surface area contributed by atoms with Crippen molar-refractivity contribution in [1.29, 1.82) is 0 Å². The second kappa shape index (κ2) is 8.43. The van der Waals surface area contributed by atoms with Gasteiger partial charge in [-0.3, -0.25) is 4.84 Å². The summed E-state index contributed by atoms with van der Waals surface area (Å²) in [5.74, 6) is 0.0505. The molecular formula is C18H12Cl3N3O3. The Hall–Kier alpha value is -2.54. The van der Waals surface area contributed by atoms with Crippen LogP contribution in [-0.2, 0) is 11.4 Å². The number of hydrogen-bond acceptors (Lipinski definition) is 4. The number of rotatable bonds is 6. The van der Waals surface area contributed by atoms with Crippen LogP contribution in [0, 0.1) is 10.1 Å². The predicted octanol–water partition coefficient (Wildman–Crippen LogP) is 5.62. The van der Waals surface area contributed by atoms with E-state index in [9.17, 15) is 10.1 Å². The lowest BCUT2D eigenvalue weighted by atomic mass is 10.0. The minimum Gasteiger partial charge on any atom is -0.333 e. The molecule has 138 valence electrons. The fourth-order valence-electron chi connectivity index (χ4n) is 2.53. The molecule has 0 fully saturated rings. The topological polar surface area (TPSA) is 70.2 Å². The minimum atomic E-state index is -0.859. The molecule has 0 saturated carbocycles. The Morgan fingerprint density at radius 1 is 1.11 bits per heavy atom. The maximum Gasteiger partial charge on any atom is 0.299 e. The van der Waals surface area contributed by atoms with Gasteiger partial charge in [0, 0.05) is 44.2 Å². The van der Waals surface area contributed by atoms with Crippen molar-refractivity contribution in [2.24, 2.45) is 0 Å². The molecule has 0 atom stereocenters. The first-order chi connectivity index (χ1) is 12.9. The second-order valence-electron chi connectivity index (χ2n) is 5.49. The van der Waals surface area contributed by atoms with Gasteiger partial charge in [0.25, 0.3) is 5.09 Å². The zero-order valence-electron chi connectivity index (χ0n) is 13.7. The molecule has 3 rings (SSSR count). The number of hydrogen-bond donors (Lipinski definition) is 0. The van der Waals surface area contributed by atoms with E-state index in [2.05, 4.69) is 4.98 Å². The number of allylic oxidation sites excluding steroid dienone is 1. The number of imidazole rings is 1. The summed E-state index contributed by atoms with van der Waals surface area (Å²) in [5.41, 5.74) is 1.53. The first-order valence-corrected chi connectivity index (χ1v) is 8.80. The maximum atomic E-state index is 11.2. The minimum absolute atomic E-state index is 0.0505. The Bertz CT molecular complexity index is 987. The first kappa shape index (κ1) is 19.2. The molecule has 1 aromatic heterocycles. The average Bonchev–Trinajstić information content (AvgIpc) is 3.12. The van der Waals surface area contributed by atoms with Crippen molar-refractivity contribution in [3.05, 3.63) is 97.5 Å². The molecule has 2 aromatic carbocycles. The number of benzene rings is 2. The van der Waals surface area contributed by atoms with Gasteiger partial charge in [-0.15, -0.1) is 10.1 Å². The average molecular weight is 425 g/mol. The highest BCUT2D eigenvalue weighted by atomic mass is 35.5. The quantitative estimate of drug-likeness (QED) is 0.223. The van der Waals surface area contributed by atoms with Crippen LogP contribution in [0.3, 0.4) is 0 Å². The van der Waals surface area contributed by atoms with Crippen LogP contribution in [0.2, 0.25) is 15.1 Å². The summed E-state index contributed by atoms with van der Waals surface area (Å²) < 4.78 is 1.75. The van der Waals surface area contributed by atoms with E-state index in [1.165, 1.54) is 0 Å². The summed E-state index contributed by atoms with van der Waals surface area (Å²) in [6.07, 6.45) is 4.93.